The Labute approximate surface area is 364 Å². The second-order valence-electron chi connectivity index (χ2n) is 14.2. The van der Waals surface area contributed by atoms with Gasteiger partial charge >= 0.3 is 6.72 Å². The van der Waals surface area contributed by atoms with Crippen LogP contribution in [-0.4, -0.2) is 107 Å². The first-order valence-electron chi connectivity index (χ1n) is 18.7. The van der Waals surface area contributed by atoms with Crippen LogP contribution in [0.3, 0.4) is 0 Å². The van der Waals surface area contributed by atoms with Gasteiger partial charge in [-0.15, -0.1) is 0 Å². The molecular weight excluding hydrogens is 919 g/mol. The third-order valence-electron chi connectivity index (χ3n) is 9.67. The van der Waals surface area contributed by atoms with Crippen molar-refractivity contribution in [2.75, 3.05) is 30.5 Å². The lowest BCUT2D eigenvalue weighted by atomic mass is 10.1. The molecule has 5 aromatic rings. The van der Waals surface area contributed by atoms with E-state index in [0.717, 1.165) is 12.7 Å². The third kappa shape index (κ3) is 9.08. The Kier molecular flexibility index (Phi) is 13.0. The fraction of sp³-hybridized carbons (Fsp3) is 0.441. The fourth-order valence-corrected chi connectivity index (χ4v) is 10.7. The normalized spacial score (nSPS) is 30.3. The van der Waals surface area contributed by atoms with E-state index in [-0.39, 0.29) is 47.1 Å². The first kappa shape index (κ1) is 44.4. The van der Waals surface area contributed by atoms with Gasteiger partial charge in [-0.05, 0) is 35.7 Å². The second-order valence-corrected chi connectivity index (χ2v) is 22.4. The average Bonchev–Trinajstić information content (AvgIpc) is 4.01. The zero-order chi connectivity index (χ0) is 43.9. The topological polar surface area (TPSA) is 254 Å². The van der Waals surface area contributed by atoms with Crippen LogP contribution in [-0.2, 0) is 60.5 Å². The minimum atomic E-state index is -4.14. The van der Waals surface area contributed by atoms with Gasteiger partial charge < -0.3 is 32.9 Å². The zero-order valence-electron chi connectivity index (χ0n) is 32.2. The molecule has 21 nitrogen and oxygen atoms in total. The number of benzene rings is 1. The van der Waals surface area contributed by atoms with Gasteiger partial charge in [0.15, 0.2) is 52.9 Å². The maximum absolute atomic E-state index is 16.8. The van der Waals surface area contributed by atoms with Crippen LogP contribution in [0.2, 0.25) is 0 Å². The van der Waals surface area contributed by atoms with Crippen LogP contribution < -0.4 is 16.2 Å². The largest absolute Gasteiger partial charge is 0.346 e. The number of nitrogens with one attached hydrogen (secondary N) is 3. The van der Waals surface area contributed by atoms with Crippen molar-refractivity contribution in [3.8, 4) is 6.07 Å². The van der Waals surface area contributed by atoms with Gasteiger partial charge in [-0.25, -0.2) is 28.7 Å². The lowest BCUT2D eigenvalue weighted by Crippen LogP contribution is -2.34. The minimum absolute atomic E-state index is 0.0516. The number of anilines is 2. The molecule has 3 fully saturated rings. The molecule has 3 aliphatic rings. The summed E-state index contributed by atoms with van der Waals surface area (Å²) in [4.78, 5) is 62.1. The molecule has 4 aromatic heterocycles. The molecule has 28 heteroatoms. The van der Waals surface area contributed by atoms with E-state index in [4.69, 9.17) is 55.7 Å². The molecule has 3 N–H and O–H groups in total. The number of carbonyl (C=O) groups is 2. The summed E-state index contributed by atoms with van der Waals surface area (Å²) in [6.45, 7) is -2.33. The maximum Gasteiger partial charge on any atom is 0.327 e. The Bertz CT molecular complexity index is 2710. The number of thiol groups is 1. The number of aromatic nitrogens is 8. The Morgan fingerprint density at radius 2 is 1.68 bits per heavy atom. The van der Waals surface area contributed by atoms with Crippen molar-refractivity contribution >= 4 is 94.2 Å². The van der Waals surface area contributed by atoms with Gasteiger partial charge in [-0.1, -0.05) is 44.3 Å². The molecule has 3 saturated heterocycles. The number of amides is 2. The van der Waals surface area contributed by atoms with Crippen molar-refractivity contribution in [1.29, 1.82) is 5.26 Å². The van der Waals surface area contributed by atoms with Gasteiger partial charge in [0, 0.05) is 11.5 Å². The number of alkyl halides is 2. The fourth-order valence-electron chi connectivity index (χ4n) is 6.64. The second kappa shape index (κ2) is 18.1. The van der Waals surface area contributed by atoms with Gasteiger partial charge in [0.2, 0.25) is 17.5 Å². The summed E-state index contributed by atoms with van der Waals surface area (Å²) in [6, 6.07) is 10.3. The standard InChI is InChI=1S/C34H35F2N11O10P2S3/c1-16(2)29(48)44-34-43-28-23(31(50)45-34)41-15-47(28)33-25-20(35)18(54-33)11-53-59(61,62)57-24-19(12-52-58(60,56-25)51-10-6-9-37)55-32(21(24)36)46-14-40-22-26(38-13-39-27(22)46)42-30(49)17-7-4-3-5-8-17/h3-5,7-8,13-16,18-21,24-25,32-33H,6,10-12H2,1-2H3,(H,61,62)(H,38,39,42,49)(H2,43,44,45,48,50)/t18-,19-,20-,21+,24-,25-,32-,33-,58?/m1/s1. The molecule has 8 rings (SSSR count). The molecule has 2 amide bonds. The van der Waals surface area contributed by atoms with Gasteiger partial charge in [0.1, 0.15) is 30.7 Å². The third-order valence-corrected chi connectivity index (χ3v) is 14.2. The van der Waals surface area contributed by atoms with Gasteiger partial charge in [0.05, 0.1) is 45.0 Å². The highest BCUT2D eigenvalue weighted by molar-refractivity contribution is 8.60. The van der Waals surface area contributed by atoms with Crippen molar-refractivity contribution in [2.24, 2.45) is 5.92 Å². The van der Waals surface area contributed by atoms with E-state index in [9.17, 15) is 19.6 Å². The molecule has 62 heavy (non-hydrogen) atoms. The van der Waals surface area contributed by atoms with E-state index < -0.39 is 98.1 Å². The number of hydrogen-bond acceptors (Lipinski definition) is 18. The van der Waals surface area contributed by atoms with Gasteiger partial charge in [0.25, 0.3) is 11.5 Å². The maximum atomic E-state index is 16.8. The van der Waals surface area contributed by atoms with Crippen molar-refractivity contribution in [2.45, 2.75) is 69.5 Å². The van der Waals surface area contributed by atoms with Crippen LogP contribution in [0.1, 0.15) is 43.1 Å². The first-order chi connectivity index (χ1) is 29.6. The van der Waals surface area contributed by atoms with Crippen molar-refractivity contribution < 1.29 is 50.5 Å². The van der Waals surface area contributed by atoms with Crippen LogP contribution in [0.15, 0.2) is 54.1 Å². The Hall–Kier alpha value is -4.22. The van der Waals surface area contributed by atoms with E-state index in [1.807, 2.05) is 6.07 Å². The highest BCUT2D eigenvalue weighted by Gasteiger charge is 2.54. The van der Waals surface area contributed by atoms with Gasteiger partial charge in [-0.3, -0.25) is 38.3 Å². The van der Waals surface area contributed by atoms with Crippen molar-refractivity contribution in [3.63, 3.8) is 0 Å². The molecule has 1 aromatic carbocycles. The predicted octanol–water partition coefficient (Wildman–Crippen LogP) is 4.40. The zero-order valence-corrected chi connectivity index (χ0v) is 36.5. The van der Waals surface area contributed by atoms with Crippen LogP contribution in [0.4, 0.5) is 20.5 Å². The molecule has 3 aliphatic heterocycles. The summed E-state index contributed by atoms with van der Waals surface area (Å²) in [5.41, 5.74) is -4.20. The number of rotatable bonds is 9. The van der Waals surface area contributed by atoms with Crippen LogP contribution in [0.5, 0.6) is 0 Å². The van der Waals surface area contributed by atoms with E-state index in [0.29, 0.717) is 5.56 Å². The van der Waals surface area contributed by atoms with E-state index in [1.165, 1.54) is 15.5 Å². The summed E-state index contributed by atoms with van der Waals surface area (Å²) in [6.07, 6.45) is -9.62. The Morgan fingerprint density at radius 1 is 0.968 bits per heavy atom. The molecule has 328 valence electrons. The van der Waals surface area contributed by atoms with Crippen LogP contribution in [0, 0.1) is 17.2 Å². The number of nitriles is 1. The number of halogens is 2. The summed E-state index contributed by atoms with van der Waals surface area (Å²) < 4.78 is 78.3. The number of H-pyrrole nitrogens is 1. The van der Waals surface area contributed by atoms with E-state index in [2.05, 4.69) is 52.8 Å². The Balaban J connectivity index is 1.10. The number of nitrogens with zero attached hydrogens (tertiary/aromatic N) is 8. The quantitative estimate of drug-likeness (QED) is 0.0907. The number of hydrogen-bond donors (Lipinski definition) is 4. The highest BCUT2D eigenvalue weighted by atomic mass is 32.9. The highest BCUT2D eigenvalue weighted by Crippen LogP contribution is 2.60. The summed E-state index contributed by atoms with van der Waals surface area (Å²) in [5.74, 6) is -1.53. The van der Waals surface area contributed by atoms with Crippen LogP contribution in [0.25, 0.3) is 22.3 Å². The van der Waals surface area contributed by atoms with Crippen molar-refractivity contribution in [1.82, 2.24) is 39.0 Å². The smallest absolute Gasteiger partial charge is 0.327 e. The summed E-state index contributed by atoms with van der Waals surface area (Å²) in [5, 5.41) is 14.5. The Morgan fingerprint density at radius 3 is 2.42 bits per heavy atom. The number of fused-ring (bicyclic) bond motifs is 5. The molecule has 2 bridgehead atoms. The number of carbonyl (C=O) groups excluding carboxylic acids is 2. The monoisotopic (exact) mass is 953 g/mol. The molecule has 0 radical (unpaired) electrons. The molecule has 0 saturated carbocycles. The lowest BCUT2D eigenvalue weighted by molar-refractivity contribution is -0.118. The lowest BCUT2D eigenvalue weighted by Gasteiger charge is -2.30. The molecule has 0 aliphatic carbocycles. The number of aromatic amines is 1. The van der Waals surface area contributed by atoms with Crippen LogP contribution >= 0.6 is 24.7 Å². The summed E-state index contributed by atoms with van der Waals surface area (Å²) >= 11 is 15.8. The average molecular weight is 954 g/mol. The predicted molar refractivity (Wildman–Crippen MR) is 224 cm³/mol. The number of ether oxygens (including phenoxy) is 2. The van der Waals surface area contributed by atoms with Crippen molar-refractivity contribution in [3.05, 3.63) is 65.2 Å². The molecule has 7 heterocycles. The number of imidazole rings is 2. The molecule has 2 unspecified atom stereocenters. The van der Waals surface area contributed by atoms with E-state index in [1.54, 1.807) is 44.2 Å². The SMILES string of the molecule is CC(C)C(=O)Nc1nc2c(ncn2[C@@H]2O[C@@H]3COP(=S)(S)O[C@H]4[C@H](F)[C@H](n5cnc6c(NC(=O)c7ccccc7)ncnc65)O[C@@H]4COP(=S)(OCCC#N)O[C@@H]2[C@@H]3F)c(=O)[nH]1. The van der Waals surface area contributed by atoms with E-state index >= 15 is 8.78 Å². The molecular formula is C34H35F2N11O10P2S3. The first-order valence-corrected chi connectivity index (χ1v) is 25.0. The minimum Gasteiger partial charge on any atom is -0.346 e. The van der Waals surface area contributed by atoms with Gasteiger partial charge in [-0.2, -0.15) is 10.2 Å². The molecule has 10 atom stereocenters. The molecule has 0 spiro atoms. The summed E-state index contributed by atoms with van der Waals surface area (Å²) in [7, 11) is 0.